The van der Waals surface area contributed by atoms with Gasteiger partial charge >= 0.3 is 0 Å². The van der Waals surface area contributed by atoms with Crippen molar-refractivity contribution in [2.45, 2.75) is 12.8 Å². The quantitative estimate of drug-likeness (QED) is 0.399. The molecule has 0 aliphatic rings. The number of hydrogen-bond acceptors (Lipinski definition) is 5. The first kappa shape index (κ1) is 23.0. The summed E-state index contributed by atoms with van der Waals surface area (Å²) >= 11 is 5.97. The lowest BCUT2D eigenvalue weighted by Gasteiger charge is -2.21. The van der Waals surface area contributed by atoms with Crippen molar-refractivity contribution >= 4 is 23.3 Å². The van der Waals surface area contributed by atoms with Crippen molar-refractivity contribution in [3.8, 4) is 23.0 Å². The van der Waals surface area contributed by atoms with Crippen molar-refractivity contribution in [3.63, 3.8) is 0 Å². The summed E-state index contributed by atoms with van der Waals surface area (Å²) in [7, 11) is 0. The minimum absolute atomic E-state index is 0.131. The van der Waals surface area contributed by atoms with E-state index in [1.165, 1.54) is 0 Å². The van der Waals surface area contributed by atoms with Crippen LogP contribution < -0.4 is 5.73 Å². The number of nitrogens with zero attached hydrogens (tertiary/aromatic N) is 5. The number of benzene rings is 2. The van der Waals surface area contributed by atoms with Crippen LogP contribution in [0.1, 0.15) is 22.5 Å². The van der Waals surface area contributed by atoms with E-state index >= 15 is 0 Å². The first-order chi connectivity index (χ1) is 16.5. The van der Waals surface area contributed by atoms with Crippen LogP contribution in [0.4, 0.5) is 5.82 Å². The van der Waals surface area contributed by atoms with Gasteiger partial charge in [0.1, 0.15) is 5.82 Å². The molecule has 0 saturated carbocycles. The van der Waals surface area contributed by atoms with Gasteiger partial charge in [0.15, 0.2) is 0 Å². The number of nitrogens with two attached hydrogens (primary N) is 1. The Morgan fingerprint density at radius 3 is 2.50 bits per heavy atom. The third-order valence-corrected chi connectivity index (χ3v) is 5.63. The monoisotopic (exact) mass is 470 g/mol. The van der Waals surface area contributed by atoms with Crippen LogP contribution in [0, 0.1) is 11.3 Å². The highest BCUT2D eigenvalue weighted by molar-refractivity contribution is 6.30. The molecule has 0 spiro atoms. The van der Waals surface area contributed by atoms with Gasteiger partial charge in [-0.1, -0.05) is 29.8 Å². The Balaban J connectivity index is 1.50. The van der Waals surface area contributed by atoms with Crippen LogP contribution in [0.2, 0.25) is 5.02 Å². The van der Waals surface area contributed by atoms with Crippen molar-refractivity contribution in [1.82, 2.24) is 19.7 Å². The van der Waals surface area contributed by atoms with Gasteiger partial charge in [0.2, 0.25) is 0 Å². The van der Waals surface area contributed by atoms with Crippen LogP contribution in [0.3, 0.4) is 0 Å². The SMILES string of the molecule is N#CCCN(CCc1ccccn1)C(=O)c1ccc(-n2nc(-c3ccc(Cl)cc3)cc2N)cc1. The maximum Gasteiger partial charge on any atom is 0.253 e. The van der Waals surface area contributed by atoms with Gasteiger partial charge in [-0.3, -0.25) is 9.78 Å². The zero-order valence-electron chi connectivity index (χ0n) is 18.4. The Labute approximate surface area is 203 Å². The van der Waals surface area contributed by atoms with Crippen LogP contribution in [0.5, 0.6) is 0 Å². The van der Waals surface area contributed by atoms with Gasteiger partial charge in [-0.15, -0.1) is 0 Å². The molecule has 0 aliphatic carbocycles. The molecule has 170 valence electrons. The molecule has 2 aromatic heterocycles. The van der Waals surface area contributed by atoms with Gasteiger partial charge in [-0.05, 0) is 48.5 Å². The lowest BCUT2D eigenvalue weighted by Crippen LogP contribution is -2.34. The minimum Gasteiger partial charge on any atom is -0.384 e. The molecule has 34 heavy (non-hydrogen) atoms. The summed E-state index contributed by atoms with van der Waals surface area (Å²) in [5.74, 6) is 0.350. The Morgan fingerprint density at radius 1 is 1.06 bits per heavy atom. The first-order valence-electron chi connectivity index (χ1n) is 10.8. The summed E-state index contributed by atoms with van der Waals surface area (Å²) in [5.41, 5.74) is 10.0. The highest BCUT2D eigenvalue weighted by Crippen LogP contribution is 2.24. The predicted octanol–water partition coefficient (Wildman–Crippen LogP) is 4.77. The number of nitriles is 1. The average Bonchev–Trinajstić information content (AvgIpc) is 3.26. The summed E-state index contributed by atoms with van der Waals surface area (Å²) in [4.78, 5) is 19.1. The molecule has 0 aliphatic heterocycles. The molecule has 0 bridgehead atoms. The van der Waals surface area contributed by atoms with Gasteiger partial charge in [-0.25, -0.2) is 4.68 Å². The second-order valence-corrected chi connectivity index (χ2v) is 8.13. The lowest BCUT2D eigenvalue weighted by molar-refractivity contribution is 0.0760. The van der Waals surface area contributed by atoms with E-state index in [4.69, 9.17) is 22.6 Å². The number of nitrogen functional groups attached to an aromatic ring is 1. The molecule has 8 heteroatoms. The number of amides is 1. The number of pyridine rings is 1. The Kier molecular flexibility index (Phi) is 7.21. The fraction of sp³-hybridized carbons (Fsp3) is 0.154. The molecule has 1 amide bonds. The normalized spacial score (nSPS) is 10.6. The molecule has 0 radical (unpaired) electrons. The summed E-state index contributed by atoms with van der Waals surface area (Å²) in [6.07, 6.45) is 2.62. The Hall–Kier alpha value is -4.15. The lowest BCUT2D eigenvalue weighted by atomic mass is 10.1. The molecule has 0 fully saturated rings. The fourth-order valence-electron chi connectivity index (χ4n) is 3.59. The molecule has 0 atom stereocenters. The van der Waals surface area contributed by atoms with Gasteiger partial charge in [-0.2, -0.15) is 10.4 Å². The standard InChI is InChI=1S/C26H23ClN6O/c27-21-9-5-19(6-10-21)24-18-25(29)33(31-24)23-11-7-20(8-12-23)26(34)32(16-3-14-28)17-13-22-4-1-2-15-30-22/h1-2,4-12,15,18H,3,13,16-17,29H2. The summed E-state index contributed by atoms with van der Waals surface area (Å²) < 4.78 is 1.63. The van der Waals surface area contributed by atoms with Gasteiger partial charge < -0.3 is 10.6 Å². The second-order valence-electron chi connectivity index (χ2n) is 7.69. The number of aromatic nitrogens is 3. The number of halogens is 1. The molecule has 2 aromatic carbocycles. The highest BCUT2D eigenvalue weighted by Gasteiger charge is 2.17. The maximum atomic E-state index is 13.1. The Bertz CT molecular complexity index is 1290. The van der Waals surface area contributed by atoms with Gasteiger partial charge in [0.25, 0.3) is 5.91 Å². The van der Waals surface area contributed by atoms with Gasteiger partial charge in [0, 0.05) is 53.6 Å². The number of hydrogen-bond donors (Lipinski definition) is 1. The predicted molar refractivity (Wildman–Crippen MR) is 132 cm³/mol. The van der Waals surface area contributed by atoms with E-state index in [-0.39, 0.29) is 12.3 Å². The topological polar surface area (TPSA) is 101 Å². The largest absolute Gasteiger partial charge is 0.384 e. The van der Waals surface area contributed by atoms with E-state index in [9.17, 15) is 4.79 Å². The fourth-order valence-corrected chi connectivity index (χ4v) is 3.71. The van der Waals surface area contributed by atoms with E-state index in [1.807, 2.05) is 42.5 Å². The van der Waals surface area contributed by atoms with E-state index in [0.717, 1.165) is 22.6 Å². The molecule has 4 aromatic rings. The summed E-state index contributed by atoms with van der Waals surface area (Å²) in [6.45, 7) is 0.844. The zero-order chi connectivity index (χ0) is 23.9. The number of carbonyl (C=O) groups excluding carboxylic acids is 1. The number of anilines is 1. The van der Waals surface area contributed by atoms with Crippen molar-refractivity contribution in [2.75, 3.05) is 18.8 Å². The van der Waals surface area contributed by atoms with Crippen LogP contribution in [0.15, 0.2) is 79.0 Å². The molecular weight excluding hydrogens is 448 g/mol. The van der Waals surface area contributed by atoms with E-state index in [0.29, 0.717) is 35.9 Å². The molecule has 0 unspecified atom stereocenters. The maximum absolute atomic E-state index is 13.1. The molecule has 4 rings (SSSR count). The Morgan fingerprint density at radius 2 is 1.82 bits per heavy atom. The number of carbonyl (C=O) groups is 1. The first-order valence-corrected chi connectivity index (χ1v) is 11.2. The van der Waals surface area contributed by atoms with Crippen molar-refractivity contribution < 1.29 is 4.79 Å². The second kappa shape index (κ2) is 10.6. The van der Waals surface area contributed by atoms with E-state index in [2.05, 4.69) is 16.2 Å². The third-order valence-electron chi connectivity index (χ3n) is 5.38. The van der Waals surface area contributed by atoms with Gasteiger partial charge in [0.05, 0.1) is 23.9 Å². The molecule has 0 saturated heterocycles. The van der Waals surface area contributed by atoms with E-state index < -0.39 is 0 Å². The van der Waals surface area contributed by atoms with Crippen molar-refractivity contribution in [3.05, 3.63) is 95.3 Å². The molecule has 2 N–H and O–H groups in total. The molecular formula is C26H23ClN6O. The third kappa shape index (κ3) is 5.42. The summed E-state index contributed by atoms with van der Waals surface area (Å²) in [6, 6.07) is 24.1. The van der Waals surface area contributed by atoms with Crippen LogP contribution in [-0.4, -0.2) is 38.7 Å². The minimum atomic E-state index is -0.131. The van der Waals surface area contributed by atoms with Crippen molar-refractivity contribution in [1.29, 1.82) is 5.26 Å². The van der Waals surface area contributed by atoms with Crippen LogP contribution >= 0.6 is 11.6 Å². The van der Waals surface area contributed by atoms with Crippen LogP contribution in [0.25, 0.3) is 16.9 Å². The molecule has 7 nitrogen and oxygen atoms in total. The smallest absolute Gasteiger partial charge is 0.253 e. The van der Waals surface area contributed by atoms with Crippen LogP contribution in [-0.2, 0) is 6.42 Å². The number of rotatable bonds is 8. The zero-order valence-corrected chi connectivity index (χ0v) is 19.2. The highest BCUT2D eigenvalue weighted by atomic mass is 35.5. The average molecular weight is 471 g/mol. The van der Waals surface area contributed by atoms with Crippen molar-refractivity contribution in [2.24, 2.45) is 0 Å². The molecule has 2 heterocycles. The van der Waals surface area contributed by atoms with E-state index in [1.54, 1.807) is 46.1 Å². The summed E-state index contributed by atoms with van der Waals surface area (Å²) in [5, 5.41) is 14.3.